The molecule has 2 N–H and O–H groups in total. The molecule has 1 heterocycles. The summed E-state index contributed by atoms with van der Waals surface area (Å²) in [4.78, 5) is 28.4. The second-order valence-corrected chi connectivity index (χ2v) is 7.68. The Morgan fingerprint density at radius 2 is 1.77 bits per heavy atom. The molecule has 1 aromatic rings. The van der Waals surface area contributed by atoms with Crippen LogP contribution in [0.5, 0.6) is 0 Å². The maximum Gasteiger partial charge on any atom is 0.228 e. The lowest BCUT2D eigenvalue weighted by Crippen LogP contribution is -2.40. The first kappa shape index (κ1) is 18.8. The van der Waals surface area contributed by atoms with Crippen LogP contribution in [0.25, 0.3) is 0 Å². The average molecular weight is 361 g/mol. The highest BCUT2D eigenvalue weighted by atomic mass is 19.1. The quantitative estimate of drug-likeness (QED) is 0.838. The molecule has 0 radical (unpaired) electrons. The van der Waals surface area contributed by atoms with E-state index in [1.54, 1.807) is 0 Å². The van der Waals surface area contributed by atoms with Gasteiger partial charge in [0.1, 0.15) is 11.6 Å². The number of aromatic nitrogens is 1. The smallest absolute Gasteiger partial charge is 0.228 e. The SMILES string of the molecule is O=C(CC1CCCCC1)NC1CCC(C(=O)Nc2ccc(F)cn2)CC1. The van der Waals surface area contributed by atoms with E-state index >= 15 is 0 Å². The second-order valence-electron chi connectivity index (χ2n) is 7.68. The first-order chi connectivity index (χ1) is 12.6. The molecular weight excluding hydrogens is 333 g/mol. The van der Waals surface area contributed by atoms with Crippen LogP contribution in [0.3, 0.4) is 0 Å². The number of carbonyl (C=O) groups excluding carboxylic acids is 2. The van der Waals surface area contributed by atoms with Crippen LogP contribution in [0.4, 0.5) is 10.2 Å². The summed E-state index contributed by atoms with van der Waals surface area (Å²) in [5.41, 5.74) is 0. The van der Waals surface area contributed by atoms with Crippen LogP contribution in [0.1, 0.15) is 64.2 Å². The van der Waals surface area contributed by atoms with E-state index in [1.165, 1.54) is 44.2 Å². The van der Waals surface area contributed by atoms with E-state index in [4.69, 9.17) is 0 Å². The lowest BCUT2D eigenvalue weighted by molar-refractivity contribution is -0.123. The van der Waals surface area contributed by atoms with Crippen LogP contribution in [0.2, 0.25) is 0 Å². The minimum atomic E-state index is -0.424. The molecule has 142 valence electrons. The number of anilines is 1. The molecule has 0 atom stereocenters. The third-order valence-electron chi connectivity index (χ3n) is 5.64. The summed E-state index contributed by atoms with van der Waals surface area (Å²) in [5.74, 6) is 0.519. The molecule has 26 heavy (non-hydrogen) atoms. The van der Waals surface area contributed by atoms with E-state index in [1.807, 2.05) is 0 Å². The molecule has 2 fully saturated rings. The van der Waals surface area contributed by atoms with Crippen molar-refractivity contribution >= 4 is 17.6 Å². The number of amides is 2. The molecular formula is C20H28FN3O2. The third-order valence-corrected chi connectivity index (χ3v) is 5.64. The summed E-state index contributed by atoms with van der Waals surface area (Å²) < 4.78 is 12.9. The first-order valence-electron chi connectivity index (χ1n) is 9.82. The van der Waals surface area contributed by atoms with Gasteiger partial charge in [0.25, 0.3) is 0 Å². The maximum absolute atomic E-state index is 12.9. The van der Waals surface area contributed by atoms with Crippen molar-refractivity contribution in [2.45, 2.75) is 70.3 Å². The molecule has 2 aliphatic rings. The van der Waals surface area contributed by atoms with Crippen LogP contribution in [0, 0.1) is 17.7 Å². The summed E-state index contributed by atoms with van der Waals surface area (Å²) in [6, 6.07) is 2.92. The first-order valence-corrected chi connectivity index (χ1v) is 9.82. The largest absolute Gasteiger partial charge is 0.353 e. The van der Waals surface area contributed by atoms with Gasteiger partial charge in [0.05, 0.1) is 6.20 Å². The zero-order chi connectivity index (χ0) is 18.4. The van der Waals surface area contributed by atoms with Crippen LogP contribution in [-0.4, -0.2) is 22.8 Å². The Hall–Kier alpha value is -1.98. The summed E-state index contributed by atoms with van der Waals surface area (Å²) in [7, 11) is 0. The highest BCUT2D eigenvalue weighted by molar-refractivity contribution is 5.91. The number of hydrogen-bond acceptors (Lipinski definition) is 3. The molecule has 0 bridgehead atoms. The number of carbonyl (C=O) groups is 2. The Morgan fingerprint density at radius 3 is 2.42 bits per heavy atom. The molecule has 1 aromatic heterocycles. The van der Waals surface area contributed by atoms with Gasteiger partial charge in [0, 0.05) is 18.4 Å². The molecule has 3 rings (SSSR count). The van der Waals surface area contributed by atoms with Crippen LogP contribution in [-0.2, 0) is 9.59 Å². The minimum absolute atomic E-state index is 0.0731. The monoisotopic (exact) mass is 361 g/mol. The molecule has 2 amide bonds. The minimum Gasteiger partial charge on any atom is -0.353 e. The van der Waals surface area contributed by atoms with Crippen molar-refractivity contribution in [2.24, 2.45) is 11.8 Å². The van der Waals surface area contributed by atoms with Gasteiger partial charge < -0.3 is 10.6 Å². The van der Waals surface area contributed by atoms with Gasteiger partial charge in [0.15, 0.2) is 0 Å². The van der Waals surface area contributed by atoms with Gasteiger partial charge in [-0.15, -0.1) is 0 Å². The summed E-state index contributed by atoms with van der Waals surface area (Å²) in [6.45, 7) is 0. The molecule has 5 nitrogen and oxygen atoms in total. The van der Waals surface area contributed by atoms with Crippen molar-refractivity contribution in [3.05, 3.63) is 24.1 Å². The van der Waals surface area contributed by atoms with Gasteiger partial charge in [0.2, 0.25) is 11.8 Å². The van der Waals surface area contributed by atoms with Crippen LogP contribution >= 0.6 is 0 Å². The average Bonchev–Trinajstić information content (AvgIpc) is 2.65. The second kappa shape index (κ2) is 9.10. The Kier molecular flexibility index (Phi) is 6.58. The van der Waals surface area contributed by atoms with Gasteiger partial charge in [-0.1, -0.05) is 19.3 Å². The van der Waals surface area contributed by atoms with Gasteiger partial charge in [-0.2, -0.15) is 0 Å². The Bertz CT molecular complexity index is 606. The van der Waals surface area contributed by atoms with E-state index in [2.05, 4.69) is 15.6 Å². The fourth-order valence-corrected chi connectivity index (χ4v) is 4.12. The van der Waals surface area contributed by atoms with Crippen molar-refractivity contribution in [3.8, 4) is 0 Å². The van der Waals surface area contributed by atoms with E-state index in [9.17, 15) is 14.0 Å². The number of hydrogen-bond donors (Lipinski definition) is 2. The van der Waals surface area contributed by atoms with Gasteiger partial charge >= 0.3 is 0 Å². The number of halogens is 1. The molecule has 0 spiro atoms. The standard InChI is InChI=1S/C20H28FN3O2/c21-16-8-11-18(22-13-16)24-20(26)15-6-9-17(10-7-15)23-19(25)12-14-4-2-1-3-5-14/h8,11,13-15,17H,1-7,9-10,12H2,(H,23,25)(H,22,24,26). The molecule has 2 saturated carbocycles. The maximum atomic E-state index is 12.9. The number of nitrogens with zero attached hydrogens (tertiary/aromatic N) is 1. The zero-order valence-corrected chi connectivity index (χ0v) is 15.2. The predicted molar refractivity (Wildman–Crippen MR) is 97.9 cm³/mol. The topological polar surface area (TPSA) is 71.1 Å². The summed E-state index contributed by atoms with van der Waals surface area (Å²) >= 11 is 0. The lowest BCUT2D eigenvalue weighted by atomic mass is 9.84. The van der Waals surface area contributed by atoms with E-state index in [0.717, 1.165) is 31.9 Å². The summed E-state index contributed by atoms with van der Waals surface area (Å²) in [6.07, 6.45) is 11.1. The van der Waals surface area contributed by atoms with Crippen molar-refractivity contribution in [2.75, 3.05) is 5.32 Å². The van der Waals surface area contributed by atoms with Crippen LogP contribution < -0.4 is 10.6 Å². The molecule has 2 aliphatic carbocycles. The van der Waals surface area contributed by atoms with E-state index < -0.39 is 5.82 Å². The van der Waals surface area contributed by atoms with E-state index in [-0.39, 0.29) is 23.8 Å². The normalized spacial score (nSPS) is 24.0. The van der Waals surface area contributed by atoms with Gasteiger partial charge in [-0.3, -0.25) is 9.59 Å². The Balaban J connectivity index is 1.38. The van der Waals surface area contributed by atoms with Crippen LogP contribution in [0.15, 0.2) is 18.3 Å². The zero-order valence-electron chi connectivity index (χ0n) is 15.2. The fourth-order valence-electron chi connectivity index (χ4n) is 4.12. The Morgan fingerprint density at radius 1 is 1.04 bits per heavy atom. The molecule has 0 unspecified atom stereocenters. The number of nitrogens with one attached hydrogen (secondary N) is 2. The number of rotatable bonds is 5. The van der Waals surface area contributed by atoms with Crippen molar-refractivity contribution in [1.29, 1.82) is 0 Å². The molecule has 6 heteroatoms. The van der Waals surface area contributed by atoms with Crippen molar-refractivity contribution < 1.29 is 14.0 Å². The van der Waals surface area contributed by atoms with E-state index in [0.29, 0.717) is 18.2 Å². The molecule has 0 aliphatic heterocycles. The summed E-state index contributed by atoms with van der Waals surface area (Å²) in [5, 5.41) is 5.90. The van der Waals surface area contributed by atoms with Crippen molar-refractivity contribution in [1.82, 2.24) is 10.3 Å². The van der Waals surface area contributed by atoms with Crippen molar-refractivity contribution in [3.63, 3.8) is 0 Å². The highest BCUT2D eigenvalue weighted by Gasteiger charge is 2.28. The van der Waals surface area contributed by atoms with Gasteiger partial charge in [-0.05, 0) is 56.6 Å². The lowest BCUT2D eigenvalue weighted by Gasteiger charge is -2.29. The fraction of sp³-hybridized carbons (Fsp3) is 0.650. The molecule has 0 saturated heterocycles. The molecule has 0 aromatic carbocycles. The number of pyridine rings is 1. The highest BCUT2D eigenvalue weighted by Crippen LogP contribution is 2.28. The predicted octanol–water partition coefficient (Wildman–Crippen LogP) is 3.80. The third kappa shape index (κ3) is 5.51. The van der Waals surface area contributed by atoms with Gasteiger partial charge in [-0.25, -0.2) is 9.37 Å². The Labute approximate surface area is 154 Å².